The van der Waals surface area contributed by atoms with E-state index in [9.17, 15) is 13.2 Å². The third-order valence-corrected chi connectivity index (χ3v) is 7.70. The van der Waals surface area contributed by atoms with Gasteiger partial charge in [0.1, 0.15) is 0 Å². The van der Waals surface area contributed by atoms with Crippen LogP contribution >= 0.6 is 23.4 Å². The number of benzene rings is 2. The van der Waals surface area contributed by atoms with Crippen LogP contribution in [-0.4, -0.2) is 30.6 Å². The fourth-order valence-electron chi connectivity index (χ4n) is 3.14. The van der Waals surface area contributed by atoms with Crippen LogP contribution in [-0.2, 0) is 14.8 Å². The van der Waals surface area contributed by atoms with Crippen molar-refractivity contribution in [3.05, 3.63) is 71.1 Å². The Balaban J connectivity index is 1.92. The highest BCUT2D eigenvalue weighted by Crippen LogP contribution is 2.36. The molecule has 2 aromatic carbocycles. The number of hydrogen-bond acceptors (Lipinski definition) is 4. The van der Waals surface area contributed by atoms with Gasteiger partial charge in [0, 0.05) is 23.3 Å². The Morgan fingerprint density at radius 2 is 1.79 bits per heavy atom. The molecule has 0 spiro atoms. The van der Waals surface area contributed by atoms with Crippen LogP contribution in [0.1, 0.15) is 24.8 Å². The third kappa shape index (κ3) is 4.80. The van der Waals surface area contributed by atoms with Gasteiger partial charge in [-0.1, -0.05) is 47.7 Å². The average molecular weight is 436 g/mol. The molecule has 148 valence electrons. The molecule has 1 aliphatic rings. The summed E-state index contributed by atoms with van der Waals surface area (Å²) in [6.07, 6.45) is 3.11. The number of aryl methyl sites for hydroxylation is 1. The van der Waals surface area contributed by atoms with Crippen molar-refractivity contribution in [3.63, 3.8) is 0 Å². The Kier molecular flexibility index (Phi) is 6.86. The Morgan fingerprint density at radius 3 is 2.43 bits per heavy atom. The van der Waals surface area contributed by atoms with E-state index in [0.29, 0.717) is 25.1 Å². The van der Waals surface area contributed by atoms with Gasteiger partial charge >= 0.3 is 0 Å². The second kappa shape index (κ2) is 9.16. The lowest BCUT2D eigenvalue weighted by Gasteiger charge is -2.34. The van der Waals surface area contributed by atoms with E-state index in [1.165, 1.54) is 17.8 Å². The van der Waals surface area contributed by atoms with E-state index in [1.807, 2.05) is 37.3 Å². The lowest BCUT2D eigenvalue weighted by molar-refractivity contribution is -0.123. The Labute approximate surface area is 175 Å². The first-order chi connectivity index (χ1) is 13.4. The van der Waals surface area contributed by atoms with Crippen molar-refractivity contribution in [3.8, 4) is 0 Å². The van der Waals surface area contributed by atoms with Crippen molar-refractivity contribution in [2.24, 2.45) is 0 Å². The molecule has 0 N–H and O–H groups in total. The van der Waals surface area contributed by atoms with Gasteiger partial charge < -0.3 is 0 Å². The molecule has 0 radical (unpaired) electrons. The lowest BCUT2D eigenvalue weighted by atomic mass is 10.1. The van der Waals surface area contributed by atoms with Crippen LogP contribution in [0.4, 0.5) is 0 Å². The lowest BCUT2D eigenvalue weighted by Crippen LogP contribution is -2.46. The molecule has 0 aromatic heterocycles. The summed E-state index contributed by atoms with van der Waals surface area (Å²) in [4.78, 5) is 14.9. The van der Waals surface area contributed by atoms with Crippen molar-refractivity contribution in [2.75, 3.05) is 5.88 Å². The number of carbonyl (C=O) groups excluding carboxylic acids is 1. The fourth-order valence-corrected chi connectivity index (χ4v) is 5.89. The summed E-state index contributed by atoms with van der Waals surface area (Å²) in [7, 11) is -3.92. The van der Waals surface area contributed by atoms with E-state index in [0.717, 1.165) is 19.7 Å². The predicted molar refractivity (Wildman–Crippen MR) is 114 cm³/mol. The van der Waals surface area contributed by atoms with Gasteiger partial charge in [0.15, 0.2) is 0 Å². The van der Waals surface area contributed by atoms with Crippen molar-refractivity contribution in [2.45, 2.75) is 42.0 Å². The molecule has 28 heavy (non-hydrogen) atoms. The largest absolute Gasteiger partial charge is 0.269 e. The zero-order valence-corrected chi connectivity index (χ0v) is 17.9. The first kappa shape index (κ1) is 21.0. The van der Waals surface area contributed by atoms with Crippen LogP contribution in [0.3, 0.4) is 0 Å². The molecule has 0 aliphatic carbocycles. The molecule has 1 aliphatic heterocycles. The number of hydrogen-bond donors (Lipinski definition) is 0. The van der Waals surface area contributed by atoms with Gasteiger partial charge in [-0.2, -0.15) is 0 Å². The number of thioether (sulfide) groups is 1. The number of alkyl halides is 1. The molecule has 1 heterocycles. The fraction of sp³-hybridized carbons (Fsp3) is 0.286. The Morgan fingerprint density at radius 1 is 1.11 bits per heavy atom. The maximum atomic E-state index is 13.2. The normalized spacial score (nSPS) is 17.5. The molecule has 1 atom stereocenters. The summed E-state index contributed by atoms with van der Waals surface area (Å²) in [6, 6.07) is 15.9. The first-order valence-corrected chi connectivity index (χ1v) is 11.9. The monoisotopic (exact) mass is 435 g/mol. The quantitative estimate of drug-likeness (QED) is 0.575. The van der Waals surface area contributed by atoms with Gasteiger partial charge in [-0.15, -0.1) is 11.6 Å². The Hall–Kier alpha value is -1.76. The number of halogens is 1. The van der Waals surface area contributed by atoms with Gasteiger partial charge in [0.25, 0.3) is 15.9 Å². The van der Waals surface area contributed by atoms with Crippen LogP contribution < -0.4 is 0 Å². The smallest absolute Gasteiger partial charge is 0.267 e. The van der Waals surface area contributed by atoms with Gasteiger partial charge in [-0.25, -0.2) is 12.7 Å². The molecule has 1 amide bonds. The molecule has 0 fully saturated rings. The molecule has 0 saturated heterocycles. The summed E-state index contributed by atoms with van der Waals surface area (Å²) >= 11 is 7.35. The van der Waals surface area contributed by atoms with Gasteiger partial charge in [0.2, 0.25) is 0 Å². The third-order valence-electron chi connectivity index (χ3n) is 4.51. The zero-order chi connectivity index (χ0) is 20.1. The van der Waals surface area contributed by atoms with Gasteiger partial charge in [-0.3, -0.25) is 4.79 Å². The van der Waals surface area contributed by atoms with Crippen LogP contribution in [0.2, 0.25) is 0 Å². The van der Waals surface area contributed by atoms with E-state index >= 15 is 0 Å². The van der Waals surface area contributed by atoms with E-state index in [-0.39, 0.29) is 4.90 Å². The average Bonchev–Trinajstić information content (AvgIpc) is 2.67. The summed E-state index contributed by atoms with van der Waals surface area (Å²) in [6.45, 7) is 1.89. The molecule has 3 rings (SSSR count). The van der Waals surface area contributed by atoms with Crippen molar-refractivity contribution in [1.29, 1.82) is 0 Å². The first-order valence-electron chi connectivity index (χ1n) is 9.06. The predicted octanol–water partition coefficient (Wildman–Crippen LogP) is 4.98. The van der Waals surface area contributed by atoms with Crippen molar-refractivity contribution in [1.82, 2.24) is 4.31 Å². The molecule has 1 unspecified atom stereocenters. The second-order valence-electron chi connectivity index (χ2n) is 6.67. The number of nitrogens with zero attached hydrogens (tertiary/aromatic N) is 1. The SMILES string of the molecule is Cc1ccc(S(=O)(=O)N2C(=O)C=C(Sc3ccccc3)CC2CCCCl)cc1. The van der Waals surface area contributed by atoms with Crippen molar-refractivity contribution >= 4 is 39.3 Å². The van der Waals surface area contributed by atoms with E-state index in [2.05, 4.69) is 0 Å². The summed E-state index contributed by atoms with van der Waals surface area (Å²) in [5.41, 5.74) is 0.962. The van der Waals surface area contributed by atoms with E-state index < -0.39 is 22.0 Å². The molecule has 0 saturated carbocycles. The molecule has 4 nitrogen and oxygen atoms in total. The highest BCUT2D eigenvalue weighted by atomic mass is 35.5. The minimum Gasteiger partial charge on any atom is -0.269 e. The number of amides is 1. The highest BCUT2D eigenvalue weighted by Gasteiger charge is 2.38. The van der Waals surface area contributed by atoms with Crippen LogP contribution in [0.15, 0.2) is 75.4 Å². The highest BCUT2D eigenvalue weighted by molar-refractivity contribution is 8.03. The summed E-state index contributed by atoms with van der Waals surface area (Å²) in [5, 5.41) is 0. The summed E-state index contributed by atoms with van der Waals surface area (Å²) in [5.74, 6) is -0.0709. The number of sulfonamides is 1. The minimum atomic E-state index is -3.92. The molecule has 0 bridgehead atoms. The van der Waals surface area contributed by atoms with Gasteiger partial charge in [-0.05, 0) is 48.9 Å². The van der Waals surface area contributed by atoms with Crippen LogP contribution in [0.25, 0.3) is 0 Å². The van der Waals surface area contributed by atoms with E-state index in [4.69, 9.17) is 11.6 Å². The second-order valence-corrected chi connectivity index (χ2v) is 10.1. The van der Waals surface area contributed by atoms with Crippen LogP contribution in [0, 0.1) is 6.92 Å². The Bertz CT molecular complexity index is 957. The molecular formula is C21H22ClNO3S2. The van der Waals surface area contributed by atoms with E-state index in [1.54, 1.807) is 24.3 Å². The molecule has 2 aromatic rings. The maximum absolute atomic E-state index is 13.2. The zero-order valence-electron chi connectivity index (χ0n) is 15.5. The van der Waals surface area contributed by atoms with Gasteiger partial charge in [0.05, 0.1) is 10.9 Å². The number of carbonyl (C=O) groups is 1. The maximum Gasteiger partial charge on any atom is 0.267 e. The van der Waals surface area contributed by atoms with Crippen molar-refractivity contribution < 1.29 is 13.2 Å². The molecular weight excluding hydrogens is 414 g/mol. The molecule has 7 heteroatoms. The summed E-state index contributed by atoms with van der Waals surface area (Å²) < 4.78 is 27.4. The standard InChI is InChI=1S/C21H22ClNO3S2/c1-16-9-11-20(12-10-16)28(25,26)23-17(6-5-13-22)14-19(15-21(23)24)27-18-7-3-2-4-8-18/h2-4,7-12,15,17H,5-6,13-14H2,1H3. The topological polar surface area (TPSA) is 54.5 Å². The minimum absolute atomic E-state index is 0.134. The van der Waals surface area contributed by atoms with Crippen LogP contribution in [0.5, 0.6) is 0 Å². The number of rotatable bonds is 7.